The van der Waals surface area contributed by atoms with Crippen molar-refractivity contribution in [3.05, 3.63) is 0 Å². The summed E-state index contributed by atoms with van der Waals surface area (Å²) in [6.45, 7) is 4.89. The van der Waals surface area contributed by atoms with Crippen molar-refractivity contribution in [2.45, 2.75) is 20.3 Å². The number of nitrogens with one attached hydrogen (secondary N) is 1. The van der Waals surface area contributed by atoms with Crippen molar-refractivity contribution in [2.24, 2.45) is 11.8 Å². The second-order valence-corrected chi connectivity index (χ2v) is 4.07. The van der Waals surface area contributed by atoms with Gasteiger partial charge in [-0.1, -0.05) is 0 Å². The highest BCUT2D eigenvalue weighted by molar-refractivity contribution is 5.91. The van der Waals surface area contributed by atoms with Crippen LogP contribution in [0.3, 0.4) is 0 Å². The number of rotatable bonds is 6. The molecule has 1 rings (SSSR count). The summed E-state index contributed by atoms with van der Waals surface area (Å²) in [5, 5.41) is 11.1. The summed E-state index contributed by atoms with van der Waals surface area (Å²) in [5.74, 6) is -2.45. The lowest BCUT2D eigenvalue weighted by Gasteiger charge is -2.18. The van der Waals surface area contributed by atoms with Crippen LogP contribution < -0.4 is 5.32 Å². The molecule has 17 heavy (non-hydrogen) atoms. The van der Waals surface area contributed by atoms with E-state index >= 15 is 0 Å². The molecule has 2 atom stereocenters. The van der Waals surface area contributed by atoms with E-state index in [1.54, 1.807) is 4.90 Å². The molecule has 1 saturated carbocycles. The van der Waals surface area contributed by atoms with E-state index in [2.05, 4.69) is 5.32 Å². The van der Waals surface area contributed by atoms with Crippen LogP contribution in [0.2, 0.25) is 0 Å². The van der Waals surface area contributed by atoms with Crippen LogP contribution in [0.1, 0.15) is 20.3 Å². The average Bonchev–Trinajstić information content (AvgIpc) is 3.07. The Labute approximate surface area is 100.0 Å². The van der Waals surface area contributed by atoms with E-state index in [1.807, 2.05) is 13.8 Å². The number of amides is 2. The fourth-order valence-electron chi connectivity index (χ4n) is 1.74. The Bertz CT molecular complexity index is 325. The van der Waals surface area contributed by atoms with Crippen molar-refractivity contribution >= 4 is 17.8 Å². The summed E-state index contributed by atoms with van der Waals surface area (Å²) in [4.78, 5) is 35.2. The van der Waals surface area contributed by atoms with Gasteiger partial charge in [-0.25, -0.2) is 0 Å². The van der Waals surface area contributed by atoms with Gasteiger partial charge in [0, 0.05) is 13.1 Å². The first-order valence-corrected chi connectivity index (χ1v) is 5.79. The van der Waals surface area contributed by atoms with Crippen molar-refractivity contribution in [1.82, 2.24) is 10.2 Å². The summed E-state index contributed by atoms with van der Waals surface area (Å²) in [6.07, 6.45) is 0.376. The van der Waals surface area contributed by atoms with E-state index in [9.17, 15) is 14.4 Å². The highest BCUT2D eigenvalue weighted by Gasteiger charge is 2.48. The largest absolute Gasteiger partial charge is 0.481 e. The molecule has 0 unspecified atom stereocenters. The summed E-state index contributed by atoms with van der Waals surface area (Å²) in [5.41, 5.74) is 0. The van der Waals surface area contributed by atoms with Gasteiger partial charge in [0.2, 0.25) is 11.8 Å². The van der Waals surface area contributed by atoms with Crippen LogP contribution >= 0.6 is 0 Å². The van der Waals surface area contributed by atoms with Gasteiger partial charge in [-0.3, -0.25) is 14.4 Å². The number of carbonyl (C=O) groups excluding carboxylic acids is 2. The summed E-state index contributed by atoms with van der Waals surface area (Å²) in [6, 6.07) is 0. The molecule has 2 amide bonds. The number of likely N-dealkylation sites (N-methyl/N-ethyl adjacent to an activating group) is 1. The van der Waals surface area contributed by atoms with Gasteiger partial charge in [-0.05, 0) is 20.3 Å². The Balaban J connectivity index is 2.30. The van der Waals surface area contributed by atoms with Gasteiger partial charge >= 0.3 is 5.97 Å². The fraction of sp³-hybridized carbons (Fsp3) is 0.727. The Morgan fingerprint density at radius 1 is 1.24 bits per heavy atom. The zero-order chi connectivity index (χ0) is 13.0. The van der Waals surface area contributed by atoms with Gasteiger partial charge in [0.05, 0.1) is 18.4 Å². The minimum atomic E-state index is -0.944. The molecule has 0 radical (unpaired) electrons. The lowest BCUT2D eigenvalue weighted by atomic mass is 10.3. The SMILES string of the molecule is CCN(CC)C(=O)CNC(=O)[C@@H]1C[C@@H]1C(=O)O. The monoisotopic (exact) mass is 242 g/mol. The lowest BCUT2D eigenvalue weighted by Crippen LogP contribution is -2.40. The van der Waals surface area contributed by atoms with Crippen LogP contribution in [0.4, 0.5) is 0 Å². The molecule has 0 aliphatic heterocycles. The first-order valence-electron chi connectivity index (χ1n) is 5.79. The van der Waals surface area contributed by atoms with Gasteiger partial charge < -0.3 is 15.3 Å². The van der Waals surface area contributed by atoms with Crippen molar-refractivity contribution in [2.75, 3.05) is 19.6 Å². The number of aliphatic carboxylic acids is 1. The van der Waals surface area contributed by atoms with Gasteiger partial charge in [0.1, 0.15) is 0 Å². The molecule has 1 aliphatic rings. The second kappa shape index (κ2) is 5.65. The third kappa shape index (κ3) is 3.44. The fourth-order valence-corrected chi connectivity index (χ4v) is 1.74. The molecule has 6 heteroatoms. The van der Waals surface area contributed by atoms with E-state index in [-0.39, 0.29) is 18.4 Å². The number of carboxylic acid groups (broad SMARTS) is 1. The summed E-state index contributed by atoms with van der Waals surface area (Å²) >= 11 is 0. The maximum Gasteiger partial charge on any atom is 0.307 e. The van der Waals surface area contributed by atoms with Crippen molar-refractivity contribution < 1.29 is 19.5 Å². The van der Waals surface area contributed by atoms with E-state index in [4.69, 9.17) is 5.11 Å². The Hall–Kier alpha value is -1.59. The summed E-state index contributed by atoms with van der Waals surface area (Å²) < 4.78 is 0. The normalized spacial score (nSPS) is 21.8. The number of hydrogen-bond acceptors (Lipinski definition) is 3. The second-order valence-electron chi connectivity index (χ2n) is 4.07. The quantitative estimate of drug-likeness (QED) is 0.669. The van der Waals surface area contributed by atoms with Crippen molar-refractivity contribution in [3.63, 3.8) is 0 Å². The molecule has 6 nitrogen and oxygen atoms in total. The highest BCUT2D eigenvalue weighted by Crippen LogP contribution is 2.38. The molecule has 2 N–H and O–H groups in total. The molecule has 0 aromatic rings. The van der Waals surface area contributed by atoms with E-state index in [0.29, 0.717) is 19.5 Å². The van der Waals surface area contributed by atoms with Crippen LogP contribution in [-0.4, -0.2) is 47.4 Å². The maximum atomic E-state index is 11.6. The molecule has 0 saturated heterocycles. The first-order chi connectivity index (χ1) is 8.01. The van der Waals surface area contributed by atoms with Crippen LogP contribution in [-0.2, 0) is 14.4 Å². The predicted molar refractivity (Wildman–Crippen MR) is 60.2 cm³/mol. The van der Waals surface area contributed by atoms with Crippen molar-refractivity contribution in [3.8, 4) is 0 Å². The minimum Gasteiger partial charge on any atom is -0.481 e. The van der Waals surface area contributed by atoms with Gasteiger partial charge in [-0.15, -0.1) is 0 Å². The molecule has 0 heterocycles. The van der Waals surface area contributed by atoms with E-state index < -0.39 is 17.8 Å². The smallest absolute Gasteiger partial charge is 0.307 e. The van der Waals surface area contributed by atoms with Crippen LogP contribution in [0, 0.1) is 11.8 Å². The topological polar surface area (TPSA) is 86.7 Å². The number of hydrogen-bond donors (Lipinski definition) is 2. The molecule has 96 valence electrons. The standard InChI is InChI=1S/C11H18N2O4/c1-3-13(4-2)9(14)6-12-10(15)7-5-8(7)11(16)17/h7-8H,3-6H2,1-2H3,(H,12,15)(H,16,17)/t7-,8+/m1/s1. The summed E-state index contributed by atoms with van der Waals surface area (Å²) in [7, 11) is 0. The number of carbonyl (C=O) groups is 3. The first kappa shape index (κ1) is 13.5. The van der Waals surface area contributed by atoms with Gasteiger partial charge in [0.15, 0.2) is 0 Å². The Kier molecular flexibility index (Phi) is 4.48. The molecular formula is C11H18N2O4. The van der Waals surface area contributed by atoms with E-state index in [1.165, 1.54) is 0 Å². The average molecular weight is 242 g/mol. The third-order valence-corrected chi connectivity index (χ3v) is 2.97. The number of nitrogens with zero attached hydrogens (tertiary/aromatic N) is 1. The molecular weight excluding hydrogens is 224 g/mol. The van der Waals surface area contributed by atoms with E-state index in [0.717, 1.165) is 0 Å². The molecule has 0 bridgehead atoms. The minimum absolute atomic E-state index is 0.0522. The molecule has 0 aromatic carbocycles. The lowest BCUT2D eigenvalue weighted by molar-refractivity contribution is -0.140. The van der Waals surface area contributed by atoms with Crippen LogP contribution in [0.15, 0.2) is 0 Å². The Morgan fingerprint density at radius 2 is 1.82 bits per heavy atom. The highest BCUT2D eigenvalue weighted by atomic mass is 16.4. The molecule has 0 aromatic heterocycles. The third-order valence-electron chi connectivity index (χ3n) is 2.97. The Morgan fingerprint density at radius 3 is 2.24 bits per heavy atom. The predicted octanol–water partition coefficient (Wildman–Crippen LogP) is -0.308. The maximum absolute atomic E-state index is 11.6. The zero-order valence-corrected chi connectivity index (χ0v) is 10.1. The van der Waals surface area contributed by atoms with Gasteiger partial charge in [-0.2, -0.15) is 0 Å². The molecule has 0 spiro atoms. The van der Waals surface area contributed by atoms with Crippen LogP contribution in [0.5, 0.6) is 0 Å². The van der Waals surface area contributed by atoms with Crippen LogP contribution in [0.25, 0.3) is 0 Å². The van der Waals surface area contributed by atoms with Gasteiger partial charge in [0.25, 0.3) is 0 Å². The van der Waals surface area contributed by atoms with Crippen molar-refractivity contribution in [1.29, 1.82) is 0 Å². The number of carboxylic acids is 1. The molecule has 1 fully saturated rings. The zero-order valence-electron chi connectivity index (χ0n) is 10.1. The molecule has 1 aliphatic carbocycles.